The van der Waals surface area contributed by atoms with Gasteiger partial charge in [0.15, 0.2) is 5.42 Å². The van der Waals surface area contributed by atoms with Crippen LogP contribution in [0.1, 0.15) is 19.0 Å². The number of aryl methyl sites for hydroxylation is 1. The molecule has 122 valence electrons. The molecule has 2 heterocycles. The molecule has 1 atom stereocenters. The lowest BCUT2D eigenvalue weighted by molar-refractivity contribution is -0.155. The molecule has 0 radical (unpaired) electrons. The second-order valence-corrected chi connectivity index (χ2v) is 6.56. The van der Waals surface area contributed by atoms with E-state index >= 15 is 0 Å². The van der Waals surface area contributed by atoms with Crippen LogP contribution in [0.25, 0.3) is 23.7 Å². The van der Waals surface area contributed by atoms with Crippen molar-refractivity contribution in [3.8, 4) is 11.6 Å². The summed E-state index contributed by atoms with van der Waals surface area (Å²) >= 11 is 1.59. The highest BCUT2D eigenvalue weighted by Gasteiger charge is 2.38. The highest BCUT2D eigenvalue weighted by atomic mass is 32.2. The Morgan fingerprint density at radius 2 is 2.09 bits per heavy atom. The maximum Gasteiger partial charge on any atom is 0.395 e. The molecule has 2 aromatic rings. The Bertz CT molecular complexity index is 842. The van der Waals surface area contributed by atoms with Crippen LogP contribution >= 0.6 is 11.8 Å². The molecule has 3 rings (SSSR count). The fourth-order valence-corrected chi connectivity index (χ4v) is 3.15. The van der Waals surface area contributed by atoms with Gasteiger partial charge in [-0.3, -0.25) is 0 Å². The minimum absolute atomic E-state index is 0.122. The summed E-state index contributed by atoms with van der Waals surface area (Å²) in [6.45, 7) is 3.87. The highest BCUT2D eigenvalue weighted by Crippen LogP contribution is 2.32. The van der Waals surface area contributed by atoms with Crippen LogP contribution in [0.2, 0.25) is 0 Å². The summed E-state index contributed by atoms with van der Waals surface area (Å²) in [6, 6.07) is 3.82. The van der Waals surface area contributed by atoms with E-state index in [0.29, 0.717) is 11.1 Å². The van der Waals surface area contributed by atoms with Crippen LogP contribution in [0.5, 0.6) is 0 Å². The summed E-state index contributed by atoms with van der Waals surface area (Å²) < 4.78 is 44.2. The van der Waals surface area contributed by atoms with E-state index in [2.05, 4.69) is 9.97 Å². The number of pyridine rings is 1. The molecular weight excluding hydrogens is 325 g/mol. The number of nitrogens with zero attached hydrogens (tertiary/aromatic N) is 2. The monoisotopic (exact) mass is 340 g/mol. The Morgan fingerprint density at radius 3 is 2.78 bits per heavy atom. The normalized spacial score (nSPS) is 17.3. The molecule has 1 unspecified atom stereocenters. The molecule has 1 aliphatic carbocycles. The van der Waals surface area contributed by atoms with E-state index in [0.717, 1.165) is 22.4 Å². The van der Waals surface area contributed by atoms with E-state index in [9.17, 15) is 13.2 Å². The first-order valence-corrected chi connectivity index (χ1v) is 8.23. The fourth-order valence-electron chi connectivity index (χ4n) is 2.40. The van der Waals surface area contributed by atoms with Crippen LogP contribution in [-0.4, -0.2) is 21.9 Å². The predicted molar refractivity (Wildman–Crippen MR) is 83.2 cm³/mol. The van der Waals surface area contributed by atoms with Gasteiger partial charge in [0, 0.05) is 10.6 Å². The summed E-state index contributed by atoms with van der Waals surface area (Å²) in [5.41, 5.74) is 1.77. The van der Waals surface area contributed by atoms with E-state index in [1.165, 1.54) is 6.08 Å². The SMILES string of the molecule is CCSc1ccc(C)nc1-c1nc2c(o1)=CCC(C(F)(F)F)C=2. The van der Waals surface area contributed by atoms with E-state index < -0.39 is 12.1 Å². The lowest BCUT2D eigenvalue weighted by Gasteiger charge is -2.15. The number of halogens is 3. The third kappa shape index (κ3) is 3.29. The van der Waals surface area contributed by atoms with Crippen molar-refractivity contribution in [3.63, 3.8) is 0 Å². The molecule has 23 heavy (non-hydrogen) atoms. The summed E-state index contributed by atoms with van der Waals surface area (Å²) in [6.07, 6.45) is -1.81. The third-order valence-corrected chi connectivity index (χ3v) is 4.45. The van der Waals surface area contributed by atoms with Gasteiger partial charge < -0.3 is 4.42 Å². The maximum atomic E-state index is 12.9. The molecule has 0 N–H and O–H groups in total. The Morgan fingerprint density at radius 1 is 1.30 bits per heavy atom. The van der Waals surface area contributed by atoms with Crippen LogP contribution in [-0.2, 0) is 0 Å². The molecule has 0 amide bonds. The van der Waals surface area contributed by atoms with Crippen LogP contribution in [0, 0.1) is 12.8 Å². The number of oxazole rings is 1. The minimum atomic E-state index is -4.27. The molecule has 3 nitrogen and oxygen atoms in total. The van der Waals surface area contributed by atoms with Gasteiger partial charge in [-0.2, -0.15) is 13.2 Å². The molecule has 0 aliphatic heterocycles. The number of rotatable bonds is 3. The molecule has 1 aliphatic rings. The van der Waals surface area contributed by atoms with Gasteiger partial charge in [-0.1, -0.05) is 6.92 Å². The van der Waals surface area contributed by atoms with Crippen molar-refractivity contribution in [1.82, 2.24) is 9.97 Å². The molecule has 7 heteroatoms. The van der Waals surface area contributed by atoms with Gasteiger partial charge in [0.05, 0.1) is 5.92 Å². The summed E-state index contributed by atoms with van der Waals surface area (Å²) in [5, 5.41) is 0.240. The molecule has 0 spiro atoms. The first kappa shape index (κ1) is 16.1. The van der Waals surface area contributed by atoms with Gasteiger partial charge in [-0.05, 0) is 43.4 Å². The van der Waals surface area contributed by atoms with E-state index in [4.69, 9.17) is 4.42 Å². The second-order valence-electron chi connectivity index (χ2n) is 5.26. The van der Waals surface area contributed by atoms with E-state index in [1.54, 1.807) is 11.8 Å². The summed E-state index contributed by atoms with van der Waals surface area (Å²) in [4.78, 5) is 9.59. The van der Waals surface area contributed by atoms with E-state index in [-0.39, 0.29) is 17.7 Å². The van der Waals surface area contributed by atoms with Crippen molar-refractivity contribution in [2.75, 3.05) is 5.75 Å². The number of hydrogen-bond acceptors (Lipinski definition) is 4. The highest BCUT2D eigenvalue weighted by molar-refractivity contribution is 7.99. The Labute approximate surface area is 135 Å². The first-order valence-electron chi connectivity index (χ1n) is 7.25. The zero-order valence-electron chi connectivity index (χ0n) is 12.6. The van der Waals surface area contributed by atoms with Crippen LogP contribution < -0.4 is 10.8 Å². The van der Waals surface area contributed by atoms with E-state index in [1.807, 2.05) is 26.0 Å². The van der Waals surface area contributed by atoms with Crippen molar-refractivity contribution in [3.05, 3.63) is 28.6 Å². The molecular formula is C16H15F3N2OS. The van der Waals surface area contributed by atoms with Crippen LogP contribution in [0.4, 0.5) is 13.2 Å². The Hall–Kier alpha value is -1.76. The lowest BCUT2D eigenvalue weighted by atomic mass is 10.0. The molecule has 0 fully saturated rings. The van der Waals surface area contributed by atoms with Gasteiger partial charge in [-0.15, -0.1) is 11.8 Å². The van der Waals surface area contributed by atoms with Crippen molar-refractivity contribution in [1.29, 1.82) is 0 Å². The minimum Gasteiger partial charge on any atom is -0.435 e. The largest absolute Gasteiger partial charge is 0.435 e. The number of fused-ring (bicyclic) bond motifs is 1. The smallest absolute Gasteiger partial charge is 0.395 e. The average Bonchev–Trinajstić information content (AvgIpc) is 2.91. The zero-order chi connectivity index (χ0) is 16.6. The summed E-state index contributed by atoms with van der Waals surface area (Å²) in [7, 11) is 0. The summed E-state index contributed by atoms with van der Waals surface area (Å²) in [5.74, 6) is -0.389. The third-order valence-electron chi connectivity index (χ3n) is 3.52. The van der Waals surface area contributed by atoms with Gasteiger partial charge in [-0.25, -0.2) is 9.97 Å². The lowest BCUT2D eigenvalue weighted by Crippen LogP contribution is -2.32. The van der Waals surface area contributed by atoms with Gasteiger partial charge in [0.2, 0.25) is 5.89 Å². The quantitative estimate of drug-likeness (QED) is 0.804. The first-order chi connectivity index (χ1) is 10.9. The van der Waals surface area contributed by atoms with Crippen molar-refractivity contribution < 1.29 is 17.6 Å². The standard InChI is InChI=1S/C16H15F3N2OS/c1-3-23-13-7-4-9(2)20-14(13)15-21-11-8-10(16(17,18)19)5-6-12(11)22-15/h4,6-8,10H,3,5H2,1-2H3. The van der Waals surface area contributed by atoms with Gasteiger partial charge in [0.1, 0.15) is 11.0 Å². The average molecular weight is 340 g/mol. The molecule has 0 saturated carbocycles. The van der Waals surface area contributed by atoms with Gasteiger partial charge in [0.25, 0.3) is 0 Å². The van der Waals surface area contributed by atoms with Crippen molar-refractivity contribution >= 4 is 23.9 Å². The zero-order valence-corrected chi connectivity index (χ0v) is 13.5. The number of aromatic nitrogens is 2. The molecule has 2 aromatic heterocycles. The number of thioether (sulfide) groups is 1. The Kier molecular flexibility index (Phi) is 4.23. The van der Waals surface area contributed by atoms with Crippen LogP contribution in [0.15, 0.2) is 21.4 Å². The topological polar surface area (TPSA) is 38.9 Å². The maximum absolute atomic E-state index is 12.9. The van der Waals surface area contributed by atoms with Crippen molar-refractivity contribution in [2.24, 2.45) is 5.92 Å². The number of alkyl halides is 3. The molecule has 0 aromatic carbocycles. The van der Waals surface area contributed by atoms with Gasteiger partial charge >= 0.3 is 6.18 Å². The van der Waals surface area contributed by atoms with Crippen molar-refractivity contribution in [2.45, 2.75) is 31.3 Å². The fraction of sp³-hybridized carbons (Fsp3) is 0.375. The van der Waals surface area contributed by atoms with Crippen LogP contribution in [0.3, 0.4) is 0 Å². The predicted octanol–water partition coefficient (Wildman–Crippen LogP) is 3.30. The number of hydrogen-bond donors (Lipinski definition) is 0. The second kappa shape index (κ2) is 6.03. The molecule has 0 saturated heterocycles. The Balaban J connectivity index is 2.09. The molecule has 0 bridgehead atoms.